The highest BCUT2D eigenvalue weighted by atomic mass is 35.5. The third kappa shape index (κ3) is 4.64. The Labute approximate surface area is 176 Å². The molecule has 6 nitrogen and oxygen atoms in total. The minimum absolute atomic E-state index is 0.305. The number of thiazole rings is 1. The number of hydrogen-bond donors (Lipinski definition) is 1. The monoisotopic (exact) mass is 424 g/mol. The smallest absolute Gasteiger partial charge is 0.277 e. The lowest BCUT2D eigenvalue weighted by atomic mass is 10.1. The summed E-state index contributed by atoms with van der Waals surface area (Å²) in [7, 11) is 1.62. The third-order valence-electron chi connectivity index (χ3n) is 4.20. The van der Waals surface area contributed by atoms with Crippen molar-refractivity contribution in [1.82, 2.24) is 14.8 Å². The van der Waals surface area contributed by atoms with E-state index in [1.807, 2.05) is 48.5 Å². The van der Waals surface area contributed by atoms with Crippen molar-refractivity contribution in [3.8, 4) is 11.4 Å². The molecule has 0 spiro atoms. The zero-order valence-corrected chi connectivity index (χ0v) is 17.1. The molecule has 146 valence electrons. The van der Waals surface area contributed by atoms with E-state index < -0.39 is 0 Å². The molecule has 29 heavy (non-hydrogen) atoms. The first kappa shape index (κ1) is 19.2. The number of aromatic nitrogens is 3. The summed E-state index contributed by atoms with van der Waals surface area (Å²) in [6, 6.07) is 16.8. The number of nitrogens with zero attached hydrogens (tertiary/aromatic N) is 3. The van der Waals surface area contributed by atoms with Gasteiger partial charge in [0.2, 0.25) is 0 Å². The first-order valence-corrected chi connectivity index (χ1v) is 10.0. The van der Waals surface area contributed by atoms with E-state index in [2.05, 4.69) is 15.4 Å². The third-order valence-corrected chi connectivity index (χ3v) is 5.35. The minimum Gasteiger partial charge on any atom is -0.497 e. The Balaban J connectivity index is 1.42. The topological polar surface area (TPSA) is 69.0 Å². The lowest BCUT2D eigenvalue weighted by molar-refractivity contribution is 0.102. The van der Waals surface area contributed by atoms with Crippen molar-refractivity contribution in [2.75, 3.05) is 12.4 Å². The van der Waals surface area contributed by atoms with Gasteiger partial charge in [-0.05, 0) is 48.0 Å². The Hall–Kier alpha value is -3.16. The Morgan fingerprint density at radius 1 is 1.21 bits per heavy atom. The predicted octanol–water partition coefficient (Wildman–Crippen LogP) is 4.83. The maximum Gasteiger partial charge on any atom is 0.277 e. The number of ether oxygens (including phenoxy) is 1. The van der Waals surface area contributed by atoms with E-state index in [1.165, 1.54) is 11.3 Å². The quantitative estimate of drug-likeness (QED) is 0.481. The number of anilines is 1. The highest BCUT2D eigenvalue weighted by Crippen LogP contribution is 2.23. The molecule has 1 amide bonds. The Morgan fingerprint density at radius 3 is 2.79 bits per heavy atom. The van der Waals surface area contributed by atoms with E-state index in [4.69, 9.17) is 16.3 Å². The van der Waals surface area contributed by atoms with Gasteiger partial charge in [-0.1, -0.05) is 23.7 Å². The van der Waals surface area contributed by atoms with Gasteiger partial charge in [-0.2, -0.15) is 5.10 Å². The molecule has 1 N–H and O–H groups in total. The normalized spacial score (nSPS) is 10.7. The van der Waals surface area contributed by atoms with E-state index in [9.17, 15) is 4.79 Å². The van der Waals surface area contributed by atoms with Gasteiger partial charge in [0, 0.05) is 28.7 Å². The van der Waals surface area contributed by atoms with Gasteiger partial charge in [-0.25, -0.2) is 9.67 Å². The van der Waals surface area contributed by atoms with Gasteiger partial charge < -0.3 is 4.74 Å². The van der Waals surface area contributed by atoms with Gasteiger partial charge in [-0.3, -0.25) is 10.1 Å². The van der Waals surface area contributed by atoms with Crippen LogP contribution in [0, 0.1) is 0 Å². The SMILES string of the molecule is COc1ccc(-n2ccc(C(=O)Nc3ncc(Cc4cccc(Cl)c4)s3)n2)cc1. The molecule has 2 aromatic heterocycles. The molecular formula is C21H17ClN4O2S. The molecule has 4 aromatic rings. The fourth-order valence-corrected chi connectivity index (χ4v) is 3.83. The Morgan fingerprint density at radius 2 is 2.03 bits per heavy atom. The first-order chi connectivity index (χ1) is 14.1. The highest BCUT2D eigenvalue weighted by molar-refractivity contribution is 7.15. The van der Waals surface area contributed by atoms with Crippen LogP contribution in [0.15, 0.2) is 67.0 Å². The van der Waals surface area contributed by atoms with Crippen molar-refractivity contribution in [1.29, 1.82) is 0 Å². The van der Waals surface area contributed by atoms with Crippen molar-refractivity contribution in [3.05, 3.63) is 88.1 Å². The summed E-state index contributed by atoms with van der Waals surface area (Å²) in [5, 5.41) is 8.38. The van der Waals surface area contributed by atoms with Crippen LogP contribution in [-0.2, 0) is 6.42 Å². The molecule has 8 heteroatoms. The fraction of sp³-hybridized carbons (Fsp3) is 0.0952. The van der Waals surface area contributed by atoms with E-state index in [0.29, 0.717) is 22.3 Å². The number of halogens is 1. The molecule has 0 aliphatic carbocycles. The number of rotatable bonds is 6. The second kappa shape index (κ2) is 8.46. The number of amides is 1. The van der Waals surface area contributed by atoms with Crippen LogP contribution in [0.5, 0.6) is 5.75 Å². The highest BCUT2D eigenvalue weighted by Gasteiger charge is 2.13. The summed E-state index contributed by atoms with van der Waals surface area (Å²) in [6.07, 6.45) is 4.21. The van der Waals surface area contributed by atoms with Crippen LogP contribution in [0.3, 0.4) is 0 Å². The van der Waals surface area contributed by atoms with Crippen molar-refractivity contribution in [3.63, 3.8) is 0 Å². The minimum atomic E-state index is -0.305. The average Bonchev–Trinajstić information content (AvgIpc) is 3.38. The summed E-state index contributed by atoms with van der Waals surface area (Å²) in [5.74, 6) is 0.456. The Bertz CT molecular complexity index is 1140. The van der Waals surface area contributed by atoms with Gasteiger partial charge in [0.15, 0.2) is 10.8 Å². The van der Waals surface area contributed by atoms with Crippen LogP contribution in [0.1, 0.15) is 20.9 Å². The summed E-state index contributed by atoms with van der Waals surface area (Å²) < 4.78 is 6.79. The van der Waals surface area contributed by atoms with Crippen LogP contribution in [-0.4, -0.2) is 27.8 Å². The van der Waals surface area contributed by atoms with Crippen LogP contribution in [0.4, 0.5) is 5.13 Å². The number of hydrogen-bond acceptors (Lipinski definition) is 5. The molecule has 4 rings (SSSR count). The molecule has 0 saturated carbocycles. The second-order valence-electron chi connectivity index (χ2n) is 6.24. The molecule has 0 unspecified atom stereocenters. The lowest BCUT2D eigenvalue weighted by Gasteiger charge is -2.03. The van der Waals surface area contributed by atoms with Gasteiger partial charge in [0.25, 0.3) is 5.91 Å². The number of nitrogens with one attached hydrogen (secondary N) is 1. The number of benzene rings is 2. The molecule has 2 aromatic carbocycles. The van der Waals surface area contributed by atoms with E-state index in [1.54, 1.807) is 30.3 Å². The van der Waals surface area contributed by atoms with E-state index in [-0.39, 0.29) is 5.91 Å². The predicted molar refractivity (Wildman–Crippen MR) is 114 cm³/mol. The molecule has 0 bridgehead atoms. The van der Waals surface area contributed by atoms with E-state index in [0.717, 1.165) is 21.9 Å². The average molecular weight is 425 g/mol. The molecule has 0 fully saturated rings. The second-order valence-corrected chi connectivity index (χ2v) is 7.79. The lowest BCUT2D eigenvalue weighted by Crippen LogP contribution is -2.12. The van der Waals surface area contributed by atoms with Crippen LogP contribution < -0.4 is 10.1 Å². The summed E-state index contributed by atoms with van der Waals surface area (Å²) in [5.41, 5.74) is 2.24. The van der Waals surface area contributed by atoms with Gasteiger partial charge >= 0.3 is 0 Å². The van der Waals surface area contributed by atoms with Crippen LogP contribution in [0.2, 0.25) is 5.02 Å². The standard InChI is InChI=1S/C21H17ClN4O2S/c1-28-17-7-5-16(6-8-17)26-10-9-19(25-26)20(27)24-21-23-13-18(29-21)12-14-3-2-4-15(22)11-14/h2-11,13H,12H2,1H3,(H,23,24,27). The maximum absolute atomic E-state index is 12.5. The summed E-state index contributed by atoms with van der Waals surface area (Å²) in [6.45, 7) is 0. The molecule has 0 atom stereocenters. The van der Waals surface area contributed by atoms with Crippen molar-refractivity contribution in [2.24, 2.45) is 0 Å². The van der Waals surface area contributed by atoms with Crippen LogP contribution in [0.25, 0.3) is 5.69 Å². The first-order valence-electron chi connectivity index (χ1n) is 8.81. The number of carbonyl (C=O) groups is 1. The maximum atomic E-state index is 12.5. The molecule has 0 aliphatic heterocycles. The zero-order valence-electron chi connectivity index (χ0n) is 15.5. The molecule has 2 heterocycles. The molecule has 0 radical (unpaired) electrons. The number of methoxy groups -OCH3 is 1. The van der Waals surface area contributed by atoms with Gasteiger partial charge in [-0.15, -0.1) is 11.3 Å². The van der Waals surface area contributed by atoms with Crippen molar-refractivity contribution in [2.45, 2.75) is 6.42 Å². The largest absolute Gasteiger partial charge is 0.497 e. The molecule has 0 aliphatic rings. The van der Waals surface area contributed by atoms with E-state index >= 15 is 0 Å². The van der Waals surface area contributed by atoms with Crippen molar-refractivity contribution < 1.29 is 9.53 Å². The Kier molecular flexibility index (Phi) is 5.59. The summed E-state index contributed by atoms with van der Waals surface area (Å²) in [4.78, 5) is 17.8. The molecule has 0 saturated heterocycles. The zero-order chi connectivity index (χ0) is 20.2. The number of carbonyl (C=O) groups excluding carboxylic acids is 1. The fourth-order valence-electron chi connectivity index (χ4n) is 2.78. The molecular weight excluding hydrogens is 408 g/mol. The van der Waals surface area contributed by atoms with Gasteiger partial charge in [0.1, 0.15) is 5.75 Å². The van der Waals surface area contributed by atoms with Crippen molar-refractivity contribution >= 4 is 34.0 Å². The van der Waals surface area contributed by atoms with Gasteiger partial charge in [0.05, 0.1) is 12.8 Å². The van der Waals surface area contributed by atoms with Crippen LogP contribution >= 0.6 is 22.9 Å². The summed E-state index contributed by atoms with van der Waals surface area (Å²) >= 11 is 7.46.